The number of ether oxygens (including phenoxy) is 1. The van der Waals surface area contributed by atoms with Crippen LogP contribution in [0.3, 0.4) is 0 Å². The van der Waals surface area contributed by atoms with Gasteiger partial charge in [0, 0.05) is 0 Å². The van der Waals surface area contributed by atoms with E-state index in [2.05, 4.69) is 5.32 Å². The third-order valence-electron chi connectivity index (χ3n) is 3.60. The highest BCUT2D eigenvalue weighted by atomic mass is 16.6. The smallest absolute Gasteiger partial charge is 0.323 e. The van der Waals surface area contributed by atoms with Crippen LogP contribution in [0.5, 0.6) is 0 Å². The summed E-state index contributed by atoms with van der Waals surface area (Å²) in [6.07, 6.45) is 1.22. The van der Waals surface area contributed by atoms with Gasteiger partial charge in [-0.25, -0.2) is 0 Å². The molecule has 3 unspecified atom stereocenters. The van der Waals surface area contributed by atoms with Gasteiger partial charge in [0.25, 0.3) is 0 Å². The van der Waals surface area contributed by atoms with Gasteiger partial charge in [0.2, 0.25) is 0 Å². The van der Waals surface area contributed by atoms with Crippen LogP contribution >= 0.6 is 0 Å². The zero-order chi connectivity index (χ0) is 11.9. The largest absolute Gasteiger partial charge is 0.459 e. The molecule has 4 nitrogen and oxygen atoms in total. The predicted molar refractivity (Wildman–Crippen MR) is 61.8 cm³/mol. The number of nitrogens with one attached hydrogen (secondary N) is 1. The van der Waals surface area contributed by atoms with Gasteiger partial charge in [-0.2, -0.15) is 0 Å². The maximum Gasteiger partial charge on any atom is 0.323 e. The second-order valence-electron chi connectivity index (χ2n) is 6.05. The van der Waals surface area contributed by atoms with Crippen LogP contribution < -0.4 is 11.1 Å². The Bertz CT molecular complexity index is 271. The van der Waals surface area contributed by atoms with E-state index in [4.69, 9.17) is 10.5 Å². The predicted octanol–water partition coefficient (Wildman–Crippen LogP) is 0.511. The Kier molecular flexibility index (Phi) is 2.97. The molecule has 3 N–H and O–H groups in total. The van der Waals surface area contributed by atoms with Gasteiger partial charge < -0.3 is 15.8 Å². The van der Waals surface area contributed by atoms with Crippen molar-refractivity contribution >= 4 is 5.97 Å². The van der Waals surface area contributed by atoms with Gasteiger partial charge in [-0.1, -0.05) is 0 Å². The number of fused-ring (bicyclic) bond motifs is 2. The Morgan fingerprint density at radius 1 is 1.38 bits per heavy atom. The third kappa shape index (κ3) is 2.23. The van der Waals surface area contributed by atoms with E-state index in [0.29, 0.717) is 17.8 Å². The number of rotatable bonds is 2. The Morgan fingerprint density at radius 3 is 2.38 bits per heavy atom. The van der Waals surface area contributed by atoms with Gasteiger partial charge >= 0.3 is 5.97 Å². The number of hydrogen-bond acceptors (Lipinski definition) is 4. The van der Waals surface area contributed by atoms with Crippen molar-refractivity contribution in [2.75, 3.05) is 13.1 Å². The normalized spacial score (nSPS) is 35.1. The number of carbonyl (C=O) groups is 1. The minimum atomic E-state index is -0.440. The van der Waals surface area contributed by atoms with Crippen molar-refractivity contribution < 1.29 is 9.53 Å². The molecule has 0 radical (unpaired) electrons. The van der Waals surface area contributed by atoms with Crippen molar-refractivity contribution in [2.45, 2.75) is 38.8 Å². The van der Waals surface area contributed by atoms with Crippen LogP contribution in [0.25, 0.3) is 0 Å². The summed E-state index contributed by atoms with van der Waals surface area (Å²) in [7, 11) is 0. The molecule has 92 valence electrons. The molecule has 16 heavy (non-hydrogen) atoms. The lowest BCUT2D eigenvalue weighted by Crippen LogP contribution is -2.61. The summed E-state index contributed by atoms with van der Waals surface area (Å²) in [5.41, 5.74) is 5.58. The first kappa shape index (κ1) is 11.9. The van der Waals surface area contributed by atoms with E-state index in [1.165, 1.54) is 6.42 Å². The topological polar surface area (TPSA) is 64.3 Å². The summed E-state index contributed by atoms with van der Waals surface area (Å²) in [6, 6.07) is -0.440. The molecule has 4 heteroatoms. The molecule has 2 aliphatic heterocycles. The number of esters is 1. The van der Waals surface area contributed by atoms with Crippen molar-refractivity contribution in [3.05, 3.63) is 0 Å². The van der Waals surface area contributed by atoms with Gasteiger partial charge in [-0.15, -0.1) is 0 Å². The standard InChI is InChI=1S/C12H22N2O2/c1-12(2,3)16-11(15)10(13)9-7-4-8(9)6-14-5-7/h7-10,14H,4-6,13H2,1-3H3. The van der Waals surface area contributed by atoms with Gasteiger partial charge in [-0.3, -0.25) is 4.79 Å². The molecule has 2 saturated heterocycles. The summed E-state index contributed by atoms with van der Waals surface area (Å²) in [6.45, 7) is 7.62. The summed E-state index contributed by atoms with van der Waals surface area (Å²) in [5, 5.41) is 3.35. The van der Waals surface area contributed by atoms with Crippen LogP contribution in [0.2, 0.25) is 0 Å². The molecular weight excluding hydrogens is 204 g/mol. The minimum Gasteiger partial charge on any atom is -0.459 e. The van der Waals surface area contributed by atoms with E-state index in [1.54, 1.807) is 0 Å². The van der Waals surface area contributed by atoms with E-state index in [1.807, 2.05) is 20.8 Å². The Morgan fingerprint density at radius 2 is 1.94 bits per heavy atom. The van der Waals surface area contributed by atoms with Crippen molar-refractivity contribution in [2.24, 2.45) is 23.5 Å². The first-order valence-corrected chi connectivity index (χ1v) is 6.07. The second-order valence-corrected chi connectivity index (χ2v) is 6.05. The molecule has 3 rings (SSSR count). The Balaban J connectivity index is 1.92. The molecule has 3 fully saturated rings. The first-order chi connectivity index (χ1) is 7.38. The molecule has 0 aromatic rings. The van der Waals surface area contributed by atoms with Gasteiger partial charge in [0.15, 0.2) is 0 Å². The van der Waals surface area contributed by atoms with Gasteiger partial charge in [0.05, 0.1) is 0 Å². The molecule has 3 atom stereocenters. The summed E-state index contributed by atoms with van der Waals surface area (Å²) in [4.78, 5) is 11.9. The van der Waals surface area contributed by atoms with E-state index in [9.17, 15) is 4.79 Å². The van der Waals surface area contributed by atoms with Crippen LogP contribution in [-0.4, -0.2) is 30.7 Å². The lowest BCUT2D eigenvalue weighted by Gasteiger charge is -2.51. The maximum atomic E-state index is 11.9. The van der Waals surface area contributed by atoms with E-state index >= 15 is 0 Å². The number of carbonyl (C=O) groups excluding carboxylic acids is 1. The molecule has 0 amide bonds. The molecule has 3 aliphatic rings. The van der Waals surface area contributed by atoms with Crippen molar-refractivity contribution in [3.8, 4) is 0 Å². The van der Waals surface area contributed by atoms with E-state index in [-0.39, 0.29) is 5.97 Å². The quantitative estimate of drug-likeness (QED) is 0.673. The number of piperidine rings is 2. The average molecular weight is 226 g/mol. The molecule has 0 aromatic carbocycles. The highest BCUT2D eigenvalue weighted by molar-refractivity contribution is 5.76. The monoisotopic (exact) mass is 226 g/mol. The number of nitrogens with two attached hydrogens (primary N) is 1. The van der Waals surface area contributed by atoms with Crippen LogP contribution in [0, 0.1) is 17.8 Å². The zero-order valence-electron chi connectivity index (χ0n) is 10.3. The fraction of sp³-hybridized carbons (Fsp3) is 0.917. The van der Waals surface area contributed by atoms with E-state index in [0.717, 1.165) is 13.1 Å². The van der Waals surface area contributed by atoms with Gasteiger partial charge in [0.1, 0.15) is 11.6 Å². The van der Waals surface area contributed by atoms with Gasteiger partial charge in [-0.05, 0) is 58.0 Å². The summed E-state index contributed by atoms with van der Waals surface area (Å²) >= 11 is 0. The molecular formula is C12H22N2O2. The maximum absolute atomic E-state index is 11.9. The van der Waals surface area contributed by atoms with Crippen molar-refractivity contribution in [1.29, 1.82) is 0 Å². The molecule has 0 aromatic heterocycles. The SMILES string of the molecule is CC(C)(C)OC(=O)C(N)C1C2CNCC1C2. The summed E-state index contributed by atoms with van der Waals surface area (Å²) < 4.78 is 5.34. The molecule has 1 saturated carbocycles. The third-order valence-corrected chi connectivity index (χ3v) is 3.60. The minimum absolute atomic E-state index is 0.242. The zero-order valence-corrected chi connectivity index (χ0v) is 10.3. The lowest BCUT2D eigenvalue weighted by atomic mass is 9.59. The Labute approximate surface area is 96.9 Å². The lowest BCUT2D eigenvalue weighted by molar-refractivity contribution is -0.162. The van der Waals surface area contributed by atoms with Crippen LogP contribution in [-0.2, 0) is 9.53 Å². The average Bonchev–Trinajstić information content (AvgIpc) is 2.16. The highest BCUT2D eigenvalue weighted by Gasteiger charge is 2.49. The van der Waals surface area contributed by atoms with Crippen LogP contribution in [0.4, 0.5) is 0 Å². The molecule has 0 spiro atoms. The molecule has 1 aliphatic carbocycles. The fourth-order valence-corrected chi connectivity index (χ4v) is 2.90. The van der Waals surface area contributed by atoms with Crippen LogP contribution in [0.1, 0.15) is 27.2 Å². The molecule has 2 bridgehead atoms. The van der Waals surface area contributed by atoms with Crippen molar-refractivity contribution in [3.63, 3.8) is 0 Å². The Hall–Kier alpha value is -0.610. The van der Waals surface area contributed by atoms with Crippen molar-refractivity contribution in [1.82, 2.24) is 5.32 Å². The van der Waals surface area contributed by atoms with E-state index < -0.39 is 11.6 Å². The fourth-order valence-electron chi connectivity index (χ4n) is 2.90. The highest BCUT2D eigenvalue weighted by Crippen LogP contribution is 2.44. The summed E-state index contributed by atoms with van der Waals surface area (Å²) in [5.74, 6) is 1.23. The van der Waals surface area contributed by atoms with Crippen LogP contribution in [0.15, 0.2) is 0 Å². The number of hydrogen-bond donors (Lipinski definition) is 2. The first-order valence-electron chi connectivity index (χ1n) is 6.07. The molecule has 2 heterocycles. The second kappa shape index (κ2) is 4.00.